The highest BCUT2D eigenvalue weighted by Crippen LogP contribution is 2.48. The molecule has 1 fully saturated rings. The molecule has 142 valence electrons. The van der Waals surface area contributed by atoms with E-state index in [2.05, 4.69) is 0 Å². The Morgan fingerprint density at radius 2 is 1.16 bits per heavy atom. The topological polar surface area (TPSA) is 3.24 Å². The fourth-order valence-corrected chi connectivity index (χ4v) is 2.80. The van der Waals surface area contributed by atoms with Crippen LogP contribution in [-0.4, -0.2) is 13.1 Å². The molecule has 25 heavy (non-hydrogen) atoms. The quantitative estimate of drug-likeness (QED) is 0.543. The SMILES string of the molecule is CC1CCN(c2c(C(F)(F)F)cc(C(F)(F)F)cc2C(F)(F)F)CC1. The Morgan fingerprint density at radius 3 is 1.48 bits per heavy atom. The van der Waals surface area contributed by atoms with Gasteiger partial charge in [-0.05, 0) is 30.9 Å². The van der Waals surface area contributed by atoms with Crippen LogP contribution in [0.1, 0.15) is 36.5 Å². The molecule has 1 aromatic rings. The molecule has 10 heteroatoms. The maximum Gasteiger partial charge on any atom is 0.418 e. The van der Waals surface area contributed by atoms with Gasteiger partial charge in [-0.2, -0.15) is 39.5 Å². The molecule has 0 radical (unpaired) electrons. The molecule has 1 aromatic carbocycles. The molecule has 0 spiro atoms. The van der Waals surface area contributed by atoms with Crippen molar-refractivity contribution in [2.24, 2.45) is 5.92 Å². The number of nitrogens with zero attached hydrogens (tertiary/aromatic N) is 1. The van der Waals surface area contributed by atoms with E-state index >= 15 is 0 Å². The van der Waals surface area contributed by atoms with Crippen LogP contribution in [-0.2, 0) is 18.5 Å². The number of hydrogen-bond donors (Lipinski definition) is 0. The van der Waals surface area contributed by atoms with Crippen molar-refractivity contribution in [2.45, 2.75) is 38.3 Å². The van der Waals surface area contributed by atoms with Gasteiger partial charge in [-0.1, -0.05) is 6.92 Å². The summed E-state index contributed by atoms with van der Waals surface area (Å²) >= 11 is 0. The zero-order valence-corrected chi connectivity index (χ0v) is 12.9. The summed E-state index contributed by atoms with van der Waals surface area (Å²) in [6, 6.07) is -0.495. The number of halogens is 9. The molecule has 1 aliphatic heterocycles. The number of benzene rings is 1. The largest absolute Gasteiger partial charge is 0.418 e. The second-order valence-corrected chi connectivity index (χ2v) is 6.08. The highest BCUT2D eigenvalue weighted by Gasteiger charge is 2.46. The van der Waals surface area contributed by atoms with Gasteiger partial charge in [0.2, 0.25) is 0 Å². The Morgan fingerprint density at radius 1 is 0.760 bits per heavy atom. The van der Waals surface area contributed by atoms with E-state index in [0.29, 0.717) is 12.8 Å². The van der Waals surface area contributed by atoms with E-state index in [-0.39, 0.29) is 31.1 Å². The van der Waals surface area contributed by atoms with E-state index in [1.807, 2.05) is 0 Å². The van der Waals surface area contributed by atoms with E-state index in [0.717, 1.165) is 4.90 Å². The number of hydrogen-bond acceptors (Lipinski definition) is 1. The van der Waals surface area contributed by atoms with E-state index < -0.39 is 40.9 Å². The van der Waals surface area contributed by atoms with Crippen LogP contribution >= 0.6 is 0 Å². The molecular weight excluding hydrogens is 365 g/mol. The van der Waals surface area contributed by atoms with Crippen molar-refractivity contribution in [3.8, 4) is 0 Å². The van der Waals surface area contributed by atoms with Gasteiger partial charge >= 0.3 is 18.5 Å². The van der Waals surface area contributed by atoms with Crippen LogP contribution in [0.15, 0.2) is 12.1 Å². The number of rotatable bonds is 1. The van der Waals surface area contributed by atoms with Crippen molar-refractivity contribution in [1.82, 2.24) is 0 Å². The van der Waals surface area contributed by atoms with Crippen LogP contribution in [0, 0.1) is 5.92 Å². The summed E-state index contributed by atoms with van der Waals surface area (Å²) in [5.74, 6) is 0.120. The minimum atomic E-state index is -5.35. The molecule has 0 amide bonds. The number of anilines is 1. The van der Waals surface area contributed by atoms with Crippen LogP contribution < -0.4 is 4.90 Å². The van der Waals surface area contributed by atoms with Gasteiger partial charge in [0.05, 0.1) is 22.4 Å². The van der Waals surface area contributed by atoms with Gasteiger partial charge in [0, 0.05) is 13.1 Å². The highest BCUT2D eigenvalue weighted by molar-refractivity contribution is 5.64. The molecule has 0 saturated carbocycles. The van der Waals surface area contributed by atoms with E-state index in [1.54, 1.807) is 6.92 Å². The smallest absolute Gasteiger partial charge is 0.371 e. The Hall–Kier alpha value is -1.61. The standard InChI is InChI=1S/C15H14F9N/c1-8-2-4-25(5-3-8)12-10(14(19,20)21)6-9(13(16,17)18)7-11(12)15(22,23)24/h6-8H,2-5H2,1H3. The normalized spacial score (nSPS) is 17.9. The molecule has 1 nitrogen and oxygen atoms in total. The number of piperidine rings is 1. The molecule has 0 unspecified atom stereocenters. The zero-order valence-electron chi connectivity index (χ0n) is 12.9. The minimum Gasteiger partial charge on any atom is -0.371 e. The summed E-state index contributed by atoms with van der Waals surface area (Å²) in [6.07, 6.45) is -15.3. The van der Waals surface area contributed by atoms with Gasteiger partial charge < -0.3 is 4.90 Å². The van der Waals surface area contributed by atoms with Gasteiger partial charge in [0.1, 0.15) is 0 Å². The summed E-state index contributed by atoms with van der Waals surface area (Å²) < 4.78 is 118. The molecule has 0 aliphatic carbocycles. The van der Waals surface area contributed by atoms with Crippen LogP contribution in [0.5, 0.6) is 0 Å². The molecule has 1 heterocycles. The fourth-order valence-electron chi connectivity index (χ4n) is 2.80. The van der Waals surface area contributed by atoms with Crippen molar-refractivity contribution < 1.29 is 39.5 Å². The summed E-state index contributed by atoms with van der Waals surface area (Å²) in [5, 5.41) is 0. The van der Waals surface area contributed by atoms with Gasteiger partial charge in [-0.15, -0.1) is 0 Å². The Bertz CT molecular complexity index is 584. The summed E-state index contributed by atoms with van der Waals surface area (Å²) in [6.45, 7) is 1.64. The average Bonchev–Trinajstić information content (AvgIpc) is 2.44. The predicted octanol–water partition coefficient (Wildman–Crippen LogP) is 5.98. The van der Waals surface area contributed by atoms with Crippen molar-refractivity contribution in [3.05, 3.63) is 28.8 Å². The third-order valence-electron chi connectivity index (χ3n) is 4.15. The summed E-state index contributed by atoms with van der Waals surface area (Å²) in [7, 11) is 0. The first-order chi connectivity index (χ1) is 11.2. The van der Waals surface area contributed by atoms with Gasteiger partial charge in [0.15, 0.2) is 0 Å². The molecule has 2 rings (SSSR count). The molecule has 1 saturated heterocycles. The molecule has 0 N–H and O–H groups in total. The summed E-state index contributed by atoms with van der Waals surface area (Å²) in [5.41, 5.74) is -7.02. The maximum absolute atomic E-state index is 13.3. The molecule has 0 bridgehead atoms. The second kappa shape index (κ2) is 6.28. The van der Waals surface area contributed by atoms with Crippen LogP contribution in [0.2, 0.25) is 0 Å². The second-order valence-electron chi connectivity index (χ2n) is 6.08. The van der Waals surface area contributed by atoms with E-state index in [4.69, 9.17) is 0 Å². The van der Waals surface area contributed by atoms with Crippen molar-refractivity contribution >= 4 is 5.69 Å². The molecule has 1 aliphatic rings. The average molecular weight is 379 g/mol. The summed E-state index contributed by atoms with van der Waals surface area (Å²) in [4.78, 5) is 0.881. The number of alkyl halides is 9. The first-order valence-corrected chi connectivity index (χ1v) is 7.36. The van der Waals surface area contributed by atoms with Gasteiger partial charge in [0.25, 0.3) is 0 Å². The lowest BCUT2D eigenvalue weighted by molar-refractivity contribution is -0.147. The third kappa shape index (κ3) is 4.33. The minimum absolute atomic E-state index is 0.0846. The van der Waals surface area contributed by atoms with Gasteiger partial charge in [-0.25, -0.2) is 0 Å². The fraction of sp³-hybridized carbons (Fsp3) is 0.600. The van der Waals surface area contributed by atoms with Crippen LogP contribution in [0.25, 0.3) is 0 Å². The predicted molar refractivity (Wildman–Crippen MR) is 72.1 cm³/mol. The first kappa shape index (κ1) is 19.7. The Balaban J connectivity index is 2.73. The molecule has 0 atom stereocenters. The van der Waals surface area contributed by atoms with Crippen LogP contribution in [0.4, 0.5) is 45.2 Å². The Labute approximate surface area is 137 Å². The monoisotopic (exact) mass is 379 g/mol. The highest BCUT2D eigenvalue weighted by atomic mass is 19.4. The Kier molecular flexibility index (Phi) is 4.95. The van der Waals surface area contributed by atoms with Crippen molar-refractivity contribution in [1.29, 1.82) is 0 Å². The zero-order chi connectivity index (χ0) is 19.2. The van der Waals surface area contributed by atoms with Crippen molar-refractivity contribution in [2.75, 3.05) is 18.0 Å². The lowest BCUT2D eigenvalue weighted by Gasteiger charge is -2.36. The molecule has 0 aromatic heterocycles. The van der Waals surface area contributed by atoms with Gasteiger partial charge in [-0.3, -0.25) is 0 Å². The third-order valence-corrected chi connectivity index (χ3v) is 4.15. The lowest BCUT2D eigenvalue weighted by Crippen LogP contribution is -2.36. The van der Waals surface area contributed by atoms with E-state index in [9.17, 15) is 39.5 Å². The first-order valence-electron chi connectivity index (χ1n) is 7.36. The van der Waals surface area contributed by atoms with Crippen LogP contribution in [0.3, 0.4) is 0 Å². The maximum atomic E-state index is 13.3. The lowest BCUT2D eigenvalue weighted by atomic mass is 9.95. The van der Waals surface area contributed by atoms with E-state index in [1.165, 1.54) is 0 Å². The van der Waals surface area contributed by atoms with Crippen molar-refractivity contribution in [3.63, 3.8) is 0 Å². The molecular formula is C15H14F9N.